The molecular weight excluding hydrogens is 388 g/mol. The van der Waals surface area contributed by atoms with Gasteiger partial charge in [-0.1, -0.05) is 25.5 Å². The van der Waals surface area contributed by atoms with Crippen molar-refractivity contribution in [2.45, 2.75) is 64.3 Å². The number of aliphatic hydroxyl groups is 3. The number of aliphatic hydroxyl groups excluding tert-OH is 2. The summed E-state index contributed by atoms with van der Waals surface area (Å²) in [7, 11) is 0. The lowest BCUT2D eigenvalue weighted by Gasteiger charge is -2.59. The van der Waals surface area contributed by atoms with Gasteiger partial charge in [0.05, 0.1) is 12.2 Å². The van der Waals surface area contributed by atoms with E-state index in [0.717, 1.165) is 5.57 Å². The monoisotopic (exact) mass is 418 g/mol. The summed E-state index contributed by atoms with van der Waals surface area (Å²) in [5.41, 5.74) is -2.59. The molecule has 7 heteroatoms. The average Bonchev–Trinajstić information content (AvgIpc) is 2.87. The SMILES string of the molecule is CC(=O)OCC(=O)[C@@]1(O)[C@H](O)CC2C3CCC4=CC(=O)C=C[C@]4(C)C3C(O)C[C@@]21C. The average molecular weight is 418 g/mol. The van der Waals surface area contributed by atoms with E-state index in [2.05, 4.69) is 0 Å². The van der Waals surface area contributed by atoms with Crippen molar-refractivity contribution < 1.29 is 34.4 Å². The fraction of sp³-hybridized carbons (Fsp3) is 0.696. The van der Waals surface area contributed by atoms with Crippen LogP contribution in [0.1, 0.15) is 46.5 Å². The maximum absolute atomic E-state index is 12.9. The quantitative estimate of drug-likeness (QED) is 0.587. The molecule has 0 bridgehead atoms. The molecule has 0 radical (unpaired) electrons. The van der Waals surface area contributed by atoms with Crippen LogP contribution in [-0.2, 0) is 19.1 Å². The minimum absolute atomic E-state index is 0.0241. The Bertz CT molecular complexity index is 860. The Kier molecular flexibility index (Phi) is 4.88. The largest absolute Gasteiger partial charge is 0.458 e. The Balaban J connectivity index is 1.70. The molecule has 3 N–H and O–H groups in total. The molecule has 4 aliphatic carbocycles. The fourth-order valence-electron chi connectivity index (χ4n) is 7.12. The van der Waals surface area contributed by atoms with E-state index in [1.54, 1.807) is 19.1 Å². The first-order valence-corrected chi connectivity index (χ1v) is 10.6. The van der Waals surface area contributed by atoms with Crippen molar-refractivity contribution in [3.8, 4) is 0 Å². The minimum atomic E-state index is -2.09. The van der Waals surface area contributed by atoms with E-state index in [1.165, 1.54) is 6.92 Å². The van der Waals surface area contributed by atoms with Crippen LogP contribution in [0.2, 0.25) is 0 Å². The molecule has 0 amide bonds. The molecule has 4 aliphatic rings. The van der Waals surface area contributed by atoms with E-state index in [9.17, 15) is 29.7 Å². The van der Waals surface area contributed by atoms with Crippen molar-refractivity contribution in [2.75, 3.05) is 6.61 Å². The predicted molar refractivity (Wildman–Crippen MR) is 106 cm³/mol. The van der Waals surface area contributed by atoms with Crippen LogP contribution in [0, 0.1) is 28.6 Å². The summed E-state index contributed by atoms with van der Waals surface area (Å²) in [5, 5.41) is 33.6. The van der Waals surface area contributed by atoms with Crippen molar-refractivity contribution in [3.05, 3.63) is 23.8 Å². The first-order valence-electron chi connectivity index (χ1n) is 10.6. The van der Waals surface area contributed by atoms with Crippen LogP contribution in [0.15, 0.2) is 23.8 Å². The smallest absolute Gasteiger partial charge is 0.303 e. The molecule has 7 nitrogen and oxygen atoms in total. The van der Waals surface area contributed by atoms with E-state index >= 15 is 0 Å². The molecule has 4 rings (SSSR count). The Morgan fingerprint density at radius 2 is 1.97 bits per heavy atom. The van der Waals surface area contributed by atoms with Gasteiger partial charge in [-0.25, -0.2) is 0 Å². The first kappa shape index (κ1) is 21.4. The molecule has 0 saturated heterocycles. The number of esters is 1. The number of allylic oxidation sites excluding steroid dienone is 4. The zero-order valence-electron chi connectivity index (χ0n) is 17.6. The summed E-state index contributed by atoms with van der Waals surface area (Å²) in [6.07, 6.45) is 4.78. The van der Waals surface area contributed by atoms with Gasteiger partial charge in [-0.15, -0.1) is 0 Å². The van der Waals surface area contributed by atoms with Gasteiger partial charge in [0.25, 0.3) is 0 Å². The maximum atomic E-state index is 12.9. The summed E-state index contributed by atoms with van der Waals surface area (Å²) >= 11 is 0. The minimum Gasteiger partial charge on any atom is -0.458 e. The zero-order chi connectivity index (χ0) is 22.1. The van der Waals surface area contributed by atoms with Gasteiger partial charge >= 0.3 is 5.97 Å². The zero-order valence-corrected chi connectivity index (χ0v) is 17.6. The van der Waals surface area contributed by atoms with Crippen LogP contribution in [0.5, 0.6) is 0 Å². The third-order valence-electron chi connectivity index (χ3n) is 8.55. The summed E-state index contributed by atoms with van der Waals surface area (Å²) < 4.78 is 4.81. The van der Waals surface area contributed by atoms with Gasteiger partial charge in [-0.3, -0.25) is 14.4 Å². The fourth-order valence-corrected chi connectivity index (χ4v) is 7.12. The second-order valence-electron chi connectivity index (χ2n) is 9.93. The number of ketones is 2. The number of fused-ring (bicyclic) bond motifs is 5. The molecular formula is C23H30O7. The van der Waals surface area contributed by atoms with Gasteiger partial charge in [0.15, 0.2) is 18.0 Å². The maximum Gasteiger partial charge on any atom is 0.303 e. The summed E-state index contributed by atoms with van der Waals surface area (Å²) in [5.74, 6) is -1.79. The molecule has 0 aliphatic heterocycles. The van der Waals surface area contributed by atoms with Gasteiger partial charge < -0.3 is 20.1 Å². The number of hydrogen-bond acceptors (Lipinski definition) is 7. The Hall–Kier alpha value is -1.83. The van der Waals surface area contributed by atoms with Gasteiger partial charge in [-0.05, 0) is 49.7 Å². The molecule has 0 heterocycles. The molecule has 0 aromatic carbocycles. The Morgan fingerprint density at radius 3 is 2.63 bits per heavy atom. The number of carbonyl (C=O) groups excluding carboxylic acids is 3. The number of Topliss-reactive ketones (excluding diaryl/α,β-unsaturated/α-hetero) is 1. The van der Waals surface area contributed by atoms with Crippen LogP contribution in [0.3, 0.4) is 0 Å². The van der Waals surface area contributed by atoms with Crippen LogP contribution in [-0.4, -0.2) is 57.3 Å². The topological polar surface area (TPSA) is 121 Å². The molecule has 8 atom stereocenters. The number of carbonyl (C=O) groups is 3. The van der Waals surface area contributed by atoms with Crippen molar-refractivity contribution in [1.82, 2.24) is 0 Å². The Morgan fingerprint density at radius 1 is 1.27 bits per heavy atom. The highest BCUT2D eigenvalue weighted by molar-refractivity contribution is 6.01. The highest BCUT2D eigenvalue weighted by atomic mass is 16.5. The summed E-state index contributed by atoms with van der Waals surface area (Å²) in [6.45, 7) is 4.36. The van der Waals surface area contributed by atoms with E-state index in [1.807, 2.05) is 13.0 Å². The lowest BCUT2D eigenvalue weighted by atomic mass is 9.46. The second kappa shape index (κ2) is 6.84. The standard InChI is InChI=1S/C23H30O7/c1-12(24)30-11-19(28)23(29)18(27)9-16-15-5-4-13-8-14(25)6-7-21(13,2)20(15)17(26)10-22(16,23)3/h6-8,15-18,20,26-27,29H,4-5,9-11H2,1-3H3/t15?,16?,17?,18-,20?,21+,22+,23+/m1/s1. The van der Waals surface area contributed by atoms with Crippen molar-refractivity contribution in [2.24, 2.45) is 28.6 Å². The normalized spacial score (nSPS) is 47.1. The summed E-state index contributed by atoms with van der Waals surface area (Å²) in [6, 6.07) is 0. The van der Waals surface area contributed by atoms with Gasteiger partial charge in [0.2, 0.25) is 5.78 Å². The van der Waals surface area contributed by atoms with Gasteiger partial charge in [-0.2, -0.15) is 0 Å². The number of hydrogen-bond donors (Lipinski definition) is 3. The molecule has 30 heavy (non-hydrogen) atoms. The van der Waals surface area contributed by atoms with Crippen molar-refractivity contribution in [3.63, 3.8) is 0 Å². The molecule has 3 fully saturated rings. The first-order chi connectivity index (χ1) is 13.9. The van der Waals surface area contributed by atoms with Gasteiger partial charge in [0, 0.05) is 23.7 Å². The van der Waals surface area contributed by atoms with Crippen LogP contribution in [0.25, 0.3) is 0 Å². The molecule has 0 aromatic rings. The second-order valence-corrected chi connectivity index (χ2v) is 9.93. The predicted octanol–water partition coefficient (Wildman–Crippen LogP) is 1.10. The van der Waals surface area contributed by atoms with Crippen LogP contribution in [0.4, 0.5) is 0 Å². The van der Waals surface area contributed by atoms with Crippen molar-refractivity contribution in [1.29, 1.82) is 0 Å². The van der Waals surface area contributed by atoms with Crippen LogP contribution >= 0.6 is 0 Å². The number of ether oxygens (including phenoxy) is 1. The molecule has 4 unspecified atom stereocenters. The highest BCUT2D eigenvalue weighted by Crippen LogP contribution is 2.67. The Labute approximate surface area is 175 Å². The molecule has 3 saturated carbocycles. The van der Waals surface area contributed by atoms with E-state index in [-0.39, 0.29) is 36.4 Å². The number of rotatable bonds is 3. The lowest BCUT2D eigenvalue weighted by Crippen LogP contribution is -2.63. The third-order valence-corrected chi connectivity index (χ3v) is 8.55. The van der Waals surface area contributed by atoms with Crippen molar-refractivity contribution >= 4 is 17.5 Å². The van der Waals surface area contributed by atoms with E-state index < -0.39 is 47.0 Å². The van der Waals surface area contributed by atoms with Crippen LogP contribution < -0.4 is 0 Å². The lowest BCUT2D eigenvalue weighted by molar-refractivity contribution is -0.192. The third kappa shape index (κ3) is 2.71. The highest BCUT2D eigenvalue weighted by Gasteiger charge is 2.71. The summed E-state index contributed by atoms with van der Waals surface area (Å²) in [4.78, 5) is 35.9. The van der Waals surface area contributed by atoms with Gasteiger partial charge in [0.1, 0.15) is 0 Å². The molecule has 0 aromatic heterocycles. The molecule has 164 valence electrons. The van der Waals surface area contributed by atoms with E-state index in [4.69, 9.17) is 4.74 Å². The molecule has 0 spiro atoms. The van der Waals surface area contributed by atoms with E-state index in [0.29, 0.717) is 12.8 Å².